The monoisotopic (exact) mass is 463 g/mol. The second-order valence-electron chi connectivity index (χ2n) is 6.87. The average Bonchev–Trinajstić information content (AvgIpc) is 3.26. The van der Waals surface area contributed by atoms with Gasteiger partial charge < -0.3 is 39.2 Å². The molecular formula is C23H29NO9. The fraction of sp³-hybridized carbons (Fsp3) is 0.391. The number of carboxylic acids is 2. The van der Waals surface area contributed by atoms with Crippen LogP contribution < -0.4 is 19.5 Å². The third kappa shape index (κ3) is 8.97. The van der Waals surface area contributed by atoms with E-state index in [0.29, 0.717) is 37.0 Å². The number of rotatable bonds is 10. The normalized spacial score (nSPS) is 16.9. The largest absolute Gasteiger partial charge is 0.493 e. The van der Waals surface area contributed by atoms with E-state index in [-0.39, 0.29) is 12.4 Å². The molecule has 0 saturated carbocycles. The highest BCUT2D eigenvalue weighted by Crippen LogP contribution is 2.36. The lowest BCUT2D eigenvalue weighted by atomic mass is 10.1. The van der Waals surface area contributed by atoms with Gasteiger partial charge >= 0.3 is 11.9 Å². The quantitative estimate of drug-likeness (QED) is 0.354. The zero-order valence-electron chi connectivity index (χ0n) is 18.6. The number of ether oxygens (including phenoxy) is 5. The fourth-order valence-electron chi connectivity index (χ4n) is 2.98. The van der Waals surface area contributed by atoms with Gasteiger partial charge in [-0.15, -0.1) is 0 Å². The van der Waals surface area contributed by atoms with Gasteiger partial charge in [0.25, 0.3) is 0 Å². The van der Waals surface area contributed by atoms with Gasteiger partial charge in [0.2, 0.25) is 5.75 Å². The first-order valence-corrected chi connectivity index (χ1v) is 10.3. The van der Waals surface area contributed by atoms with Crippen molar-refractivity contribution in [2.24, 2.45) is 0 Å². The summed E-state index contributed by atoms with van der Waals surface area (Å²) in [5, 5.41) is 18.1. The Balaban J connectivity index is 0.000000569. The first-order chi connectivity index (χ1) is 15.9. The Bertz CT molecular complexity index is 841. The minimum absolute atomic E-state index is 0.0551. The van der Waals surface area contributed by atoms with E-state index < -0.39 is 11.9 Å². The molecule has 0 aliphatic carbocycles. The molecule has 0 amide bonds. The van der Waals surface area contributed by atoms with Crippen LogP contribution in [-0.4, -0.2) is 75.1 Å². The smallest absolute Gasteiger partial charge is 0.414 e. The number of hydrogen-bond donors (Lipinski definition) is 3. The zero-order valence-corrected chi connectivity index (χ0v) is 18.6. The molecule has 1 aliphatic rings. The van der Waals surface area contributed by atoms with E-state index >= 15 is 0 Å². The van der Waals surface area contributed by atoms with Gasteiger partial charge in [-0.05, 0) is 17.7 Å². The van der Waals surface area contributed by atoms with Crippen molar-refractivity contribution in [3.63, 3.8) is 0 Å². The molecule has 10 nitrogen and oxygen atoms in total. The van der Waals surface area contributed by atoms with Crippen LogP contribution in [-0.2, 0) is 25.5 Å². The van der Waals surface area contributed by atoms with Crippen LogP contribution in [0, 0.1) is 0 Å². The van der Waals surface area contributed by atoms with Crippen molar-refractivity contribution in [3.8, 4) is 17.2 Å². The molecule has 0 radical (unpaired) electrons. The number of nitrogens with one attached hydrogen (secondary N) is 1. The molecule has 33 heavy (non-hydrogen) atoms. The summed E-state index contributed by atoms with van der Waals surface area (Å²) in [6.07, 6.45) is 0.654. The lowest BCUT2D eigenvalue weighted by molar-refractivity contribution is -0.159. The lowest BCUT2D eigenvalue weighted by Crippen LogP contribution is -2.32. The van der Waals surface area contributed by atoms with Crippen LogP contribution in [0.5, 0.6) is 17.2 Å². The number of carboxylic acid groups (broad SMARTS) is 2. The van der Waals surface area contributed by atoms with Crippen molar-refractivity contribution < 1.29 is 43.5 Å². The highest BCUT2D eigenvalue weighted by molar-refractivity contribution is 6.27. The fourth-order valence-corrected chi connectivity index (χ4v) is 2.98. The second-order valence-corrected chi connectivity index (χ2v) is 6.87. The molecule has 1 saturated heterocycles. The van der Waals surface area contributed by atoms with E-state index in [1.807, 2.05) is 36.4 Å². The number of hydrogen-bond acceptors (Lipinski definition) is 8. The molecule has 2 aromatic rings. The van der Waals surface area contributed by atoms with Crippen LogP contribution in [0.4, 0.5) is 0 Å². The van der Waals surface area contributed by atoms with Gasteiger partial charge in [-0.1, -0.05) is 36.4 Å². The maximum absolute atomic E-state index is 9.10. The van der Waals surface area contributed by atoms with Gasteiger partial charge in [-0.3, -0.25) is 0 Å². The van der Waals surface area contributed by atoms with Gasteiger partial charge in [-0.25, -0.2) is 9.59 Å². The highest BCUT2D eigenvalue weighted by atomic mass is 16.7. The molecule has 3 rings (SSSR count). The Labute approximate surface area is 192 Å². The maximum Gasteiger partial charge on any atom is 0.414 e. The molecule has 3 N–H and O–H groups in total. The number of carbonyl (C=O) groups is 2. The Morgan fingerprint density at radius 2 is 1.64 bits per heavy atom. The third-order valence-electron chi connectivity index (χ3n) is 4.52. The molecule has 0 bridgehead atoms. The van der Waals surface area contributed by atoms with E-state index in [1.165, 1.54) is 5.56 Å². The van der Waals surface area contributed by atoms with E-state index in [2.05, 4.69) is 17.4 Å². The summed E-state index contributed by atoms with van der Waals surface area (Å²) in [6, 6.07) is 15.8. The van der Waals surface area contributed by atoms with Crippen LogP contribution in [0.25, 0.3) is 0 Å². The predicted molar refractivity (Wildman–Crippen MR) is 118 cm³/mol. The van der Waals surface area contributed by atoms with Crippen LogP contribution in [0.3, 0.4) is 0 Å². The Hall–Kier alpha value is -3.34. The van der Waals surface area contributed by atoms with Crippen LogP contribution in [0.1, 0.15) is 5.56 Å². The van der Waals surface area contributed by atoms with Crippen molar-refractivity contribution >= 4 is 11.9 Å². The summed E-state index contributed by atoms with van der Waals surface area (Å²) in [5.41, 5.74) is 1.22. The first-order valence-electron chi connectivity index (χ1n) is 10.3. The Kier molecular flexibility index (Phi) is 10.9. The molecule has 0 aromatic heterocycles. The molecule has 2 aromatic carbocycles. The van der Waals surface area contributed by atoms with Crippen molar-refractivity contribution in [3.05, 3.63) is 54.1 Å². The van der Waals surface area contributed by atoms with Crippen molar-refractivity contribution in [1.29, 1.82) is 0 Å². The van der Waals surface area contributed by atoms with Crippen molar-refractivity contribution in [2.45, 2.75) is 18.8 Å². The average molecular weight is 463 g/mol. The Morgan fingerprint density at radius 1 is 1.00 bits per heavy atom. The summed E-state index contributed by atoms with van der Waals surface area (Å²) < 4.78 is 28.1. The summed E-state index contributed by atoms with van der Waals surface area (Å²) in [6.45, 7) is 2.51. The SMILES string of the molecule is COc1cccc(OC)c1OCCNCC1CO[C@H](Cc2ccccc2)O1.O=C(O)C(=O)O. The minimum atomic E-state index is -1.82. The summed E-state index contributed by atoms with van der Waals surface area (Å²) >= 11 is 0. The molecule has 1 unspecified atom stereocenters. The van der Waals surface area contributed by atoms with Crippen LogP contribution >= 0.6 is 0 Å². The van der Waals surface area contributed by atoms with Gasteiger partial charge in [0.15, 0.2) is 17.8 Å². The number of methoxy groups -OCH3 is 2. The topological polar surface area (TPSA) is 133 Å². The molecule has 180 valence electrons. The second kappa shape index (κ2) is 13.9. The van der Waals surface area contributed by atoms with Gasteiger partial charge in [0, 0.05) is 19.5 Å². The molecule has 1 aliphatic heterocycles. The molecule has 1 fully saturated rings. The number of para-hydroxylation sites is 1. The molecule has 1 heterocycles. The van der Waals surface area contributed by atoms with Crippen LogP contribution in [0.2, 0.25) is 0 Å². The van der Waals surface area contributed by atoms with Gasteiger partial charge in [0.1, 0.15) is 6.61 Å². The van der Waals surface area contributed by atoms with E-state index in [4.69, 9.17) is 43.5 Å². The molecule has 2 atom stereocenters. The number of aliphatic carboxylic acids is 2. The standard InChI is InChI=1S/C21H27NO5.C2H2O4/c1-23-18-9-6-10-19(24-2)21(18)25-12-11-22-14-17-15-26-20(27-17)13-16-7-4-3-5-8-16;3-1(4)2(5)6/h3-10,17,20,22H,11-15H2,1-2H3;(H,3,4)(H,5,6)/t17?,20-;/m0./s1. The summed E-state index contributed by atoms with van der Waals surface area (Å²) in [7, 11) is 3.23. The van der Waals surface area contributed by atoms with E-state index in [9.17, 15) is 0 Å². The summed E-state index contributed by atoms with van der Waals surface area (Å²) in [5.74, 6) is -1.71. The van der Waals surface area contributed by atoms with Crippen LogP contribution in [0.15, 0.2) is 48.5 Å². The van der Waals surface area contributed by atoms with Crippen molar-refractivity contribution in [2.75, 3.05) is 40.5 Å². The molecule has 10 heteroatoms. The highest BCUT2D eigenvalue weighted by Gasteiger charge is 2.25. The van der Waals surface area contributed by atoms with Gasteiger partial charge in [0.05, 0.1) is 26.9 Å². The van der Waals surface area contributed by atoms with E-state index in [1.54, 1.807) is 14.2 Å². The van der Waals surface area contributed by atoms with E-state index in [0.717, 1.165) is 13.0 Å². The maximum atomic E-state index is 9.10. The zero-order chi connectivity index (χ0) is 24.1. The lowest BCUT2D eigenvalue weighted by Gasteiger charge is -2.15. The van der Waals surface area contributed by atoms with Gasteiger partial charge in [-0.2, -0.15) is 0 Å². The molecular weight excluding hydrogens is 434 g/mol. The van der Waals surface area contributed by atoms with Crippen molar-refractivity contribution in [1.82, 2.24) is 5.32 Å². The molecule has 0 spiro atoms. The Morgan fingerprint density at radius 3 is 2.21 bits per heavy atom. The predicted octanol–water partition coefficient (Wildman–Crippen LogP) is 1.81. The summed E-state index contributed by atoms with van der Waals surface area (Å²) in [4.78, 5) is 18.2. The number of benzene rings is 2. The minimum Gasteiger partial charge on any atom is -0.493 e. The first kappa shape index (κ1) is 25.9. The third-order valence-corrected chi connectivity index (χ3v) is 4.52.